The van der Waals surface area contributed by atoms with Crippen LogP contribution in [0.15, 0.2) is 56.8 Å². The molecule has 0 aliphatic carbocycles. The van der Waals surface area contributed by atoms with Crippen LogP contribution < -0.4 is 10.3 Å². The van der Waals surface area contributed by atoms with Crippen molar-refractivity contribution in [3.8, 4) is 28.6 Å². The van der Waals surface area contributed by atoms with Crippen molar-refractivity contribution in [2.45, 2.75) is 40.5 Å². The summed E-state index contributed by atoms with van der Waals surface area (Å²) in [5.74, 6) is -1.08. The fourth-order valence-electron chi connectivity index (χ4n) is 3.61. The minimum absolute atomic E-state index is 0.00731. The summed E-state index contributed by atoms with van der Waals surface area (Å²) in [5.41, 5.74) is 3.45. The van der Waals surface area contributed by atoms with E-state index in [0.717, 1.165) is 16.8 Å². The van der Waals surface area contributed by atoms with Gasteiger partial charge < -0.3 is 24.6 Å². The summed E-state index contributed by atoms with van der Waals surface area (Å²) >= 11 is 0. The maximum Gasteiger partial charge on any atom is 0.238 e. The van der Waals surface area contributed by atoms with E-state index in [1.807, 2.05) is 71.0 Å². The Kier molecular flexibility index (Phi) is 6.86. The summed E-state index contributed by atoms with van der Waals surface area (Å²) < 4.78 is 6.04. The first-order valence-corrected chi connectivity index (χ1v) is 10.8. The van der Waals surface area contributed by atoms with E-state index in [1.54, 1.807) is 12.1 Å². The minimum atomic E-state index is -0.739. The van der Waals surface area contributed by atoms with Crippen molar-refractivity contribution in [3.63, 3.8) is 0 Å². The van der Waals surface area contributed by atoms with Gasteiger partial charge in [-0.2, -0.15) is 0 Å². The molecule has 3 rings (SSSR count). The molecule has 0 spiro atoms. The van der Waals surface area contributed by atoms with Crippen LogP contribution in [0.25, 0.3) is 22.3 Å². The van der Waals surface area contributed by atoms with Gasteiger partial charge in [-0.1, -0.05) is 23.3 Å². The molecule has 6 nitrogen and oxygen atoms in total. The summed E-state index contributed by atoms with van der Waals surface area (Å²) in [5, 5.41) is 32.6. The zero-order chi connectivity index (χ0) is 24.4. The first-order valence-electron chi connectivity index (χ1n) is 10.8. The largest absolute Gasteiger partial charge is 0.507 e. The van der Waals surface area contributed by atoms with Crippen molar-refractivity contribution >= 4 is 16.7 Å². The SMILES string of the molecule is CC(C)=CCc1c(O)c(CC=C(C)C)c2oc(-c3ccc(N(C)C)cc3)c(O)c(=O)c2c1O. The van der Waals surface area contributed by atoms with Gasteiger partial charge >= 0.3 is 0 Å². The lowest BCUT2D eigenvalue weighted by atomic mass is 9.96. The monoisotopic (exact) mass is 449 g/mol. The molecule has 2 aromatic carbocycles. The number of phenols is 2. The van der Waals surface area contributed by atoms with Crippen molar-refractivity contribution in [3.05, 3.63) is 68.9 Å². The summed E-state index contributed by atoms with van der Waals surface area (Å²) in [6.07, 6.45) is 4.31. The molecule has 1 heterocycles. The topological polar surface area (TPSA) is 94.1 Å². The molecule has 3 N–H and O–H groups in total. The van der Waals surface area contributed by atoms with Crippen molar-refractivity contribution in [2.75, 3.05) is 19.0 Å². The highest BCUT2D eigenvalue weighted by atomic mass is 16.4. The Labute approximate surface area is 193 Å². The van der Waals surface area contributed by atoms with Gasteiger partial charge in [-0.05, 0) is 64.8 Å². The number of nitrogens with zero attached hydrogens (tertiary/aromatic N) is 1. The van der Waals surface area contributed by atoms with Gasteiger partial charge in [-0.25, -0.2) is 0 Å². The second-order valence-corrected chi connectivity index (χ2v) is 8.88. The van der Waals surface area contributed by atoms with Crippen LogP contribution in [0.3, 0.4) is 0 Å². The Morgan fingerprint density at radius 3 is 1.91 bits per heavy atom. The molecule has 174 valence electrons. The van der Waals surface area contributed by atoms with Gasteiger partial charge in [0.1, 0.15) is 22.5 Å². The van der Waals surface area contributed by atoms with Crippen molar-refractivity contribution in [2.24, 2.45) is 0 Å². The molecule has 0 fully saturated rings. The summed E-state index contributed by atoms with van der Waals surface area (Å²) in [7, 11) is 3.83. The van der Waals surface area contributed by atoms with Gasteiger partial charge in [0.05, 0.1) is 0 Å². The average Bonchev–Trinajstić information content (AvgIpc) is 2.75. The molecule has 0 bridgehead atoms. The molecule has 0 unspecified atom stereocenters. The number of allylic oxidation sites excluding steroid dienone is 4. The van der Waals surface area contributed by atoms with E-state index in [1.165, 1.54) is 0 Å². The Balaban J connectivity index is 2.37. The van der Waals surface area contributed by atoms with E-state index in [-0.39, 0.29) is 40.2 Å². The van der Waals surface area contributed by atoms with Gasteiger partial charge in [0.2, 0.25) is 11.2 Å². The maximum atomic E-state index is 13.2. The molecule has 0 aliphatic rings. The molecule has 33 heavy (non-hydrogen) atoms. The zero-order valence-electron chi connectivity index (χ0n) is 20.0. The molecular weight excluding hydrogens is 418 g/mol. The van der Waals surface area contributed by atoms with Crippen molar-refractivity contribution in [1.82, 2.24) is 0 Å². The second kappa shape index (κ2) is 9.45. The molecule has 0 atom stereocenters. The van der Waals surface area contributed by atoms with Gasteiger partial charge in [0.15, 0.2) is 5.76 Å². The standard InChI is InChI=1S/C27H31NO5/c1-15(2)7-13-19-22(29)20(14-8-16(3)4)27-21(23(19)30)24(31)25(32)26(33-27)17-9-11-18(12-10-17)28(5)6/h7-12,29-30,32H,13-14H2,1-6H3. The van der Waals surface area contributed by atoms with Crippen molar-refractivity contribution in [1.29, 1.82) is 0 Å². The van der Waals surface area contributed by atoms with E-state index >= 15 is 0 Å². The van der Waals surface area contributed by atoms with Crippen LogP contribution in [-0.2, 0) is 12.8 Å². The fraction of sp³-hybridized carbons (Fsp3) is 0.296. The highest BCUT2D eigenvalue weighted by molar-refractivity contribution is 5.93. The lowest BCUT2D eigenvalue weighted by Crippen LogP contribution is -2.08. The van der Waals surface area contributed by atoms with Gasteiger partial charge in [-0.3, -0.25) is 4.79 Å². The Hall–Kier alpha value is -3.67. The number of rotatable bonds is 6. The molecular formula is C27H31NO5. The van der Waals surface area contributed by atoms with Crippen LogP contribution in [0.5, 0.6) is 17.2 Å². The quantitative estimate of drug-likeness (QED) is 0.421. The number of anilines is 1. The lowest BCUT2D eigenvalue weighted by Gasteiger charge is -2.16. The third kappa shape index (κ3) is 4.75. The van der Waals surface area contributed by atoms with Gasteiger partial charge in [-0.15, -0.1) is 0 Å². The Morgan fingerprint density at radius 2 is 1.39 bits per heavy atom. The molecule has 0 radical (unpaired) electrons. The molecule has 6 heteroatoms. The van der Waals surface area contributed by atoms with E-state index in [2.05, 4.69) is 0 Å². The zero-order valence-corrected chi connectivity index (χ0v) is 20.0. The normalized spacial score (nSPS) is 10.8. The lowest BCUT2D eigenvalue weighted by molar-refractivity contribution is 0.430. The predicted molar refractivity (Wildman–Crippen MR) is 134 cm³/mol. The summed E-state index contributed by atoms with van der Waals surface area (Å²) in [6, 6.07) is 7.19. The number of benzene rings is 2. The van der Waals surface area contributed by atoms with Crippen LogP contribution in [0.1, 0.15) is 38.8 Å². The Morgan fingerprint density at radius 1 is 0.848 bits per heavy atom. The highest BCUT2D eigenvalue weighted by Gasteiger charge is 2.25. The fourth-order valence-corrected chi connectivity index (χ4v) is 3.61. The van der Waals surface area contributed by atoms with Crippen LogP contribution in [0, 0.1) is 0 Å². The summed E-state index contributed by atoms with van der Waals surface area (Å²) in [4.78, 5) is 15.2. The van der Waals surface area contributed by atoms with Crippen LogP contribution in [-0.4, -0.2) is 29.4 Å². The maximum absolute atomic E-state index is 13.2. The number of phenolic OH excluding ortho intramolecular Hbond substituents is 2. The van der Waals surface area contributed by atoms with E-state index in [4.69, 9.17) is 4.42 Å². The number of hydrogen-bond donors (Lipinski definition) is 3. The minimum Gasteiger partial charge on any atom is -0.507 e. The van der Waals surface area contributed by atoms with Gasteiger partial charge in [0, 0.05) is 36.5 Å². The molecule has 0 amide bonds. The molecule has 0 saturated carbocycles. The average molecular weight is 450 g/mol. The Bertz CT molecular complexity index is 1300. The number of hydrogen-bond acceptors (Lipinski definition) is 6. The summed E-state index contributed by atoms with van der Waals surface area (Å²) in [6.45, 7) is 7.69. The third-order valence-electron chi connectivity index (χ3n) is 5.53. The van der Waals surface area contributed by atoms with E-state index in [9.17, 15) is 20.1 Å². The predicted octanol–water partition coefficient (Wildman–Crippen LogP) is 5.66. The number of fused-ring (bicyclic) bond motifs is 1. The highest BCUT2D eigenvalue weighted by Crippen LogP contribution is 2.42. The molecule has 0 saturated heterocycles. The molecule has 3 aromatic rings. The number of aromatic hydroxyl groups is 3. The van der Waals surface area contributed by atoms with Crippen LogP contribution >= 0.6 is 0 Å². The third-order valence-corrected chi connectivity index (χ3v) is 5.53. The molecule has 0 aliphatic heterocycles. The van der Waals surface area contributed by atoms with Crippen LogP contribution in [0.4, 0.5) is 5.69 Å². The van der Waals surface area contributed by atoms with Gasteiger partial charge in [0.25, 0.3) is 0 Å². The molecule has 1 aromatic heterocycles. The van der Waals surface area contributed by atoms with E-state index < -0.39 is 11.2 Å². The van der Waals surface area contributed by atoms with E-state index in [0.29, 0.717) is 17.5 Å². The van der Waals surface area contributed by atoms with Crippen molar-refractivity contribution < 1.29 is 19.7 Å². The first-order chi connectivity index (χ1) is 15.5. The second-order valence-electron chi connectivity index (χ2n) is 8.88. The van der Waals surface area contributed by atoms with Crippen LogP contribution in [0.2, 0.25) is 0 Å². The first kappa shape index (κ1) is 24.0. The smallest absolute Gasteiger partial charge is 0.238 e.